The zero-order valence-corrected chi connectivity index (χ0v) is 7.15. The van der Waals surface area contributed by atoms with Crippen LogP contribution in [-0.2, 0) is 9.53 Å². The van der Waals surface area contributed by atoms with E-state index in [0.717, 1.165) is 0 Å². The van der Waals surface area contributed by atoms with Crippen molar-refractivity contribution in [1.29, 1.82) is 0 Å². The van der Waals surface area contributed by atoms with E-state index >= 15 is 0 Å². The van der Waals surface area contributed by atoms with E-state index in [1.165, 1.54) is 0 Å². The van der Waals surface area contributed by atoms with E-state index in [9.17, 15) is 15.0 Å². The van der Waals surface area contributed by atoms with Gasteiger partial charge in [0.1, 0.15) is 18.3 Å². The zero-order valence-electron chi connectivity index (χ0n) is 7.15. The first-order chi connectivity index (χ1) is 6.49. The highest BCUT2D eigenvalue weighted by atomic mass is 16.6. The fourth-order valence-corrected chi connectivity index (χ4v) is 1.19. The van der Waals surface area contributed by atoms with Gasteiger partial charge < -0.3 is 30.3 Å². The number of rotatable bonds is 3. The Morgan fingerprint density at radius 3 is 2.29 bits per heavy atom. The van der Waals surface area contributed by atoms with Gasteiger partial charge in [-0.2, -0.15) is 0 Å². The minimum absolute atomic E-state index is 0.738. The SMILES string of the molecule is O=C1O[C@@H]([C@H](O)[C@H](O)CO)[C@@H](O)[C@H]1O. The van der Waals surface area contributed by atoms with Crippen LogP contribution in [0.3, 0.4) is 0 Å². The van der Waals surface area contributed by atoms with Crippen molar-refractivity contribution in [2.75, 3.05) is 6.61 Å². The second kappa shape index (κ2) is 4.20. The van der Waals surface area contributed by atoms with Crippen LogP contribution in [0.1, 0.15) is 0 Å². The molecule has 7 nitrogen and oxygen atoms in total. The average Bonchev–Trinajstić information content (AvgIpc) is 2.43. The smallest absolute Gasteiger partial charge is 0.338 e. The molecular formula is C7H12O7. The van der Waals surface area contributed by atoms with Crippen LogP contribution in [0.5, 0.6) is 0 Å². The number of carbonyl (C=O) groups excluding carboxylic acids is 1. The van der Waals surface area contributed by atoms with Crippen LogP contribution in [0.4, 0.5) is 0 Å². The van der Waals surface area contributed by atoms with Crippen LogP contribution in [0, 0.1) is 0 Å². The van der Waals surface area contributed by atoms with Gasteiger partial charge in [-0.15, -0.1) is 0 Å². The van der Waals surface area contributed by atoms with Crippen molar-refractivity contribution in [2.45, 2.75) is 30.5 Å². The molecule has 0 spiro atoms. The summed E-state index contributed by atoms with van der Waals surface area (Å²) in [7, 11) is 0. The van der Waals surface area contributed by atoms with Crippen molar-refractivity contribution in [3.8, 4) is 0 Å². The van der Waals surface area contributed by atoms with Gasteiger partial charge in [-0.05, 0) is 0 Å². The van der Waals surface area contributed by atoms with Crippen molar-refractivity contribution in [2.24, 2.45) is 0 Å². The molecule has 1 saturated heterocycles. The molecule has 0 unspecified atom stereocenters. The van der Waals surface area contributed by atoms with Crippen LogP contribution in [0.15, 0.2) is 0 Å². The third-order valence-electron chi connectivity index (χ3n) is 2.07. The molecule has 82 valence electrons. The summed E-state index contributed by atoms with van der Waals surface area (Å²) in [6, 6.07) is 0. The molecule has 0 aromatic rings. The molecule has 5 N–H and O–H groups in total. The summed E-state index contributed by atoms with van der Waals surface area (Å²) in [5.74, 6) is -1.06. The molecule has 1 aliphatic rings. The van der Waals surface area contributed by atoms with E-state index < -0.39 is 43.1 Å². The van der Waals surface area contributed by atoms with Gasteiger partial charge in [-0.25, -0.2) is 4.79 Å². The van der Waals surface area contributed by atoms with E-state index in [2.05, 4.69) is 4.74 Å². The molecular weight excluding hydrogens is 196 g/mol. The standard InChI is InChI=1S/C7H12O7/c8-1-2(9)3(10)6-4(11)5(12)7(13)14-6/h2-6,8-12H,1H2/t2-,3-,4+,5-,6+/m1/s1. The Morgan fingerprint density at radius 1 is 1.36 bits per heavy atom. The Kier molecular flexibility index (Phi) is 3.40. The summed E-state index contributed by atoms with van der Waals surface area (Å²) in [6.45, 7) is -0.738. The first-order valence-corrected chi connectivity index (χ1v) is 4.02. The van der Waals surface area contributed by atoms with Crippen LogP contribution in [0.25, 0.3) is 0 Å². The molecule has 1 heterocycles. The molecule has 0 bridgehead atoms. The lowest BCUT2D eigenvalue weighted by Gasteiger charge is -2.23. The number of hydrogen-bond acceptors (Lipinski definition) is 7. The summed E-state index contributed by atoms with van der Waals surface area (Å²) in [4.78, 5) is 10.7. The summed E-state index contributed by atoms with van der Waals surface area (Å²) >= 11 is 0. The van der Waals surface area contributed by atoms with Gasteiger partial charge >= 0.3 is 5.97 Å². The molecule has 14 heavy (non-hydrogen) atoms. The summed E-state index contributed by atoms with van der Waals surface area (Å²) in [6.07, 6.45) is -7.90. The molecule has 0 aliphatic carbocycles. The van der Waals surface area contributed by atoms with Gasteiger partial charge in [-0.1, -0.05) is 0 Å². The van der Waals surface area contributed by atoms with E-state index in [-0.39, 0.29) is 0 Å². The molecule has 0 amide bonds. The Bertz CT molecular complexity index is 218. The highest BCUT2D eigenvalue weighted by Gasteiger charge is 2.47. The maximum atomic E-state index is 10.7. The molecule has 0 aromatic heterocycles. The van der Waals surface area contributed by atoms with Gasteiger partial charge in [0.2, 0.25) is 0 Å². The molecule has 7 heteroatoms. The Labute approximate surface area is 79.2 Å². The van der Waals surface area contributed by atoms with Gasteiger partial charge in [-0.3, -0.25) is 0 Å². The van der Waals surface area contributed by atoms with Crippen molar-refractivity contribution < 1.29 is 35.1 Å². The molecule has 1 aliphatic heterocycles. The third-order valence-corrected chi connectivity index (χ3v) is 2.07. The number of aliphatic hydroxyl groups excluding tert-OH is 5. The van der Waals surface area contributed by atoms with E-state index in [1.54, 1.807) is 0 Å². The number of aliphatic hydroxyl groups is 5. The largest absolute Gasteiger partial charge is 0.455 e. The zero-order chi connectivity index (χ0) is 10.9. The van der Waals surface area contributed by atoms with Gasteiger partial charge in [0, 0.05) is 0 Å². The third kappa shape index (κ3) is 1.86. The van der Waals surface area contributed by atoms with Crippen LogP contribution in [0.2, 0.25) is 0 Å². The van der Waals surface area contributed by atoms with Crippen LogP contribution < -0.4 is 0 Å². The monoisotopic (exact) mass is 208 g/mol. The molecule has 5 atom stereocenters. The number of cyclic esters (lactones) is 1. The Balaban J connectivity index is 2.66. The average molecular weight is 208 g/mol. The van der Waals surface area contributed by atoms with Gasteiger partial charge in [0.15, 0.2) is 12.2 Å². The first-order valence-electron chi connectivity index (χ1n) is 4.02. The van der Waals surface area contributed by atoms with Crippen LogP contribution >= 0.6 is 0 Å². The maximum absolute atomic E-state index is 10.7. The summed E-state index contributed by atoms with van der Waals surface area (Å²) in [5.41, 5.74) is 0. The quantitative estimate of drug-likeness (QED) is 0.302. The van der Waals surface area contributed by atoms with Gasteiger partial charge in [0.25, 0.3) is 0 Å². The van der Waals surface area contributed by atoms with Crippen molar-refractivity contribution in [3.05, 3.63) is 0 Å². The highest BCUT2D eigenvalue weighted by Crippen LogP contribution is 2.20. The predicted molar refractivity (Wildman–Crippen MR) is 41.0 cm³/mol. The fraction of sp³-hybridized carbons (Fsp3) is 0.857. The summed E-state index contributed by atoms with van der Waals surface area (Å²) < 4.78 is 4.41. The Morgan fingerprint density at radius 2 is 1.93 bits per heavy atom. The highest BCUT2D eigenvalue weighted by molar-refractivity contribution is 5.77. The lowest BCUT2D eigenvalue weighted by Crippen LogP contribution is -2.46. The Hall–Kier alpha value is -0.730. The molecule has 1 rings (SSSR count). The normalized spacial score (nSPS) is 36.6. The molecule has 0 aromatic carbocycles. The lowest BCUT2D eigenvalue weighted by atomic mass is 10.0. The van der Waals surface area contributed by atoms with Crippen molar-refractivity contribution in [3.63, 3.8) is 0 Å². The van der Waals surface area contributed by atoms with Gasteiger partial charge in [0.05, 0.1) is 6.61 Å². The first kappa shape index (κ1) is 11.3. The fourth-order valence-electron chi connectivity index (χ4n) is 1.19. The lowest BCUT2D eigenvalue weighted by molar-refractivity contribution is -0.155. The van der Waals surface area contributed by atoms with Crippen LogP contribution in [-0.4, -0.2) is 68.6 Å². The van der Waals surface area contributed by atoms with E-state index in [1.807, 2.05) is 0 Å². The predicted octanol–water partition coefficient (Wildman–Crippen LogP) is -3.65. The number of hydrogen-bond donors (Lipinski definition) is 5. The van der Waals surface area contributed by atoms with E-state index in [4.69, 9.17) is 15.3 Å². The number of ether oxygens (including phenoxy) is 1. The number of carbonyl (C=O) groups is 1. The van der Waals surface area contributed by atoms with Crippen molar-refractivity contribution in [1.82, 2.24) is 0 Å². The molecule has 0 radical (unpaired) electrons. The van der Waals surface area contributed by atoms with Crippen molar-refractivity contribution >= 4 is 5.97 Å². The molecule has 0 saturated carbocycles. The second-order valence-corrected chi connectivity index (χ2v) is 3.08. The number of esters is 1. The van der Waals surface area contributed by atoms with E-state index in [0.29, 0.717) is 0 Å². The minimum atomic E-state index is -1.72. The topological polar surface area (TPSA) is 127 Å². The summed E-state index contributed by atoms with van der Waals surface area (Å²) in [5, 5.41) is 44.9. The maximum Gasteiger partial charge on any atom is 0.338 e. The second-order valence-electron chi connectivity index (χ2n) is 3.08. The minimum Gasteiger partial charge on any atom is -0.455 e. The molecule has 1 fully saturated rings.